The SMILES string of the molecule is CCN(C(=O)CSc1nnc(Nc2ccc(OC)cc2)s1)c1ccc(F)cc1. The van der Waals surface area contributed by atoms with Crippen molar-refractivity contribution in [1.82, 2.24) is 10.2 Å². The molecule has 0 saturated heterocycles. The minimum atomic E-state index is -0.327. The summed E-state index contributed by atoms with van der Waals surface area (Å²) in [6.07, 6.45) is 0. The monoisotopic (exact) mass is 418 g/mol. The minimum absolute atomic E-state index is 0.0704. The predicted molar refractivity (Wildman–Crippen MR) is 111 cm³/mol. The van der Waals surface area contributed by atoms with Crippen molar-refractivity contribution in [3.05, 3.63) is 54.3 Å². The van der Waals surface area contributed by atoms with E-state index in [0.29, 0.717) is 21.7 Å². The highest BCUT2D eigenvalue weighted by Gasteiger charge is 2.16. The molecule has 0 atom stereocenters. The third-order valence-corrected chi connectivity index (χ3v) is 5.78. The summed E-state index contributed by atoms with van der Waals surface area (Å²) in [5.74, 6) is 0.605. The van der Waals surface area contributed by atoms with Crippen LogP contribution in [0, 0.1) is 5.82 Å². The molecule has 3 aromatic rings. The van der Waals surface area contributed by atoms with Gasteiger partial charge in [0.2, 0.25) is 11.0 Å². The summed E-state index contributed by atoms with van der Waals surface area (Å²) >= 11 is 2.70. The van der Waals surface area contributed by atoms with Crippen LogP contribution in [0.4, 0.5) is 20.9 Å². The molecule has 1 aromatic heterocycles. The maximum Gasteiger partial charge on any atom is 0.237 e. The first kappa shape index (κ1) is 20.1. The van der Waals surface area contributed by atoms with Crippen molar-refractivity contribution in [3.8, 4) is 5.75 Å². The van der Waals surface area contributed by atoms with Crippen LogP contribution in [0.2, 0.25) is 0 Å². The Kier molecular flexibility index (Phi) is 6.83. The van der Waals surface area contributed by atoms with Gasteiger partial charge in [0.25, 0.3) is 0 Å². The Morgan fingerprint density at radius 1 is 1.18 bits per heavy atom. The summed E-state index contributed by atoms with van der Waals surface area (Å²) in [6.45, 7) is 2.39. The van der Waals surface area contributed by atoms with Crippen LogP contribution in [0.1, 0.15) is 6.92 Å². The van der Waals surface area contributed by atoms with Gasteiger partial charge >= 0.3 is 0 Å². The zero-order valence-electron chi connectivity index (χ0n) is 15.4. The van der Waals surface area contributed by atoms with E-state index in [4.69, 9.17) is 4.74 Å². The van der Waals surface area contributed by atoms with Gasteiger partial charge in [-0.1, -0.05) is 23.1 Å². The number of nitrogens with zero attached hydrogens (tertiary/aromatic N) is 3. The first-order valence-electron chi connectivity index (χ1n) is 8.52. The lowest BCUT2D eigenvalue weighted by molar-refractivity contribution is -0.116. The Bertz CT molecular complexity index is 916. The lowest BCUT2D eigenvalue weighted by Crippen LogP contribution is -2.32. The van der Waals surface area contributed by atoms with Gasteiger partial charge in [0.05, 0.1) is 12.9 Å². The van der Waals surface area contributed by atoms with E-state index in [-0.39, 0.29) is 17.5 Å². The average Bonchev–Trinajstić information content (AvgIpc) is 3.16. The van der Waals surface area contributed by atoms with Crippen molar-refractivity contribution in [2.24, 2.45) is 0 Å². The highest BCUT2D eigenvalue weighted by atomic mass is 32.2. The fourth-order valence-corrected chi connectivity index (χ4v) is 4.09. The standard InChI is InChI=1S/C19H19FN4O2S2/c1-3-24(15-8-4-13(20)5-9-15)17(25)12-27-19-23-22-18(28-19)21-14-6-10-16(26-2)11-7-14/h4-11H,3,12H2,1-2H3,(H,21,22). The molecule has 0 saturated carbocycles. The molecule has 3 rings (SSSR count). The Hall–Kier alpha value is -2.65. The van der Waals surface area contributed by atoms with Gasteiger partial charge in [-0.2, -0.15) is 0 Å². The summed E-state index contributed by atoms with van der Waals surface area (Å²) in [5, 5.41) is 12.0. The third-order valence-electron chi connectivity index (χ3n) is 3.82. The molecular weight excluding hydrogens is 399 g/mol. The number of methoxy groups -OCH3 is 1. The molecule has 1 heterocycles. The number of aromatic nitrogens is 2. The minimum Gasteiger partial charge on any atom is -0.497 e. The molecule has 6 nitrogen and oxygen atoms in total. The number of nitrogens with one attached hydrogen (secondary N) is 1. The van der Waals surface area contributed by atoms with Crippen LogP contribution in [0.15, 0.2) is 52.9 Å². The molecule has 9 heteroatoms. The van der Waals surface area contributed by atoms with Gasteiger partial charge in [-0.3, -0.25) is 4.79 Å². The molecule has 0 aliphatic carbocycles. The lowest BCUT2D eigenvalue weighted by atomic mass is 10.3. The second-order valence-corrected chi connectivity index (χ2v) is 7.83. The Balaban J connectivity index is 1.56. The largest absolute Gasteiger partial charge is 0.497 e. The third kappa shape index (κ3) is 5.20. The number of ether oxygens (including phenoxy) is 1. The molecule has 0 bridgehead atoms. The van der Waals surface area contributed by atoms with Gasteiger partial charge in [0, 0.05) is 17.9 Å². The fourth-order valence-electron chi connectivity index (χ4n) is 2.44. The maximum absolute atomic E-state index is 13.1. The van der Waals surface area contributed by atoms with Crippen LogP contribution in [-0.2, 0) is 4.79 Å². The molecule has 0 unspecified atom stereocenters. The molecule has 1 amide bonds. The zero-order valence-corrected chi connectivity index (χ0v) is 17.0. The number of carbonyl (C=O) groups is 1. The molecule has 0 fully saturated rings. The second-order valence-electron chi connectivity index (χ2n) is 5.63. The maximum atomic E-state index is 13.1. The van der Waals surface area contributed by atoms with Crippen LogP contribution in [0.25, 0.3) is 0 Å². The van der Waals surface area contributed by atoms with E-state index in [1.54, 1.807) is 24.1 Å². The molecule has 0 radical (unpaired) electrons. The van der Waals surface area contributed by atoms with Crippen molar-refractivity contribution in [2.75, 3.05) is 29.6 Å². The van der Waals surface area contributed by atoms with Gasteiger partial charge in [-0.25, -0.2) is 4.39 Å². The summed E-state index contributed by atoms with van der Waals surface area (Å²) in [5.41, 5.74) is 1.55. The molecule has 0 aliphatic rings. The zero-order chi connectivity index (χ0) is 19.9. The topological polar surface area (TPSA) is 67.4 Å². The van der Waals surface area contributed by atoms with Crippen LogP contribution in [0.5, 0.6) is 5.75 Å². The Labute approximate surface area is 170 Å². The quantitative estimate of drug-likeness (QED) is 0.541. The number of benzene rings is 2. The predicted octanol–water partition coefficient (Wildman–Crippen LogP) is 4.57. The van der Waals surface area contributed by atoms with Gasteiger partial charge < -0.3 is 15.0 Å². The summed E-state index contributed by atoms with van der Waals surface area (Å²) < 4.78 is 18.9. The number of amides is 1. The molecule has 1 N–H and O–H groups in total. The highest BCUT2D eigenvalue weighted by Crippen LogP contribution is 2.29. The van der Waals surface area contributed by atoms with Crippen molar-refractivity contribution in [3.63, 3.8) is 0 Å². The fraction of sp³-hybridized carbons (Fsp3) is 0.211. The van der Waals surface area contributed by atoms with Crippen LogP contribution in [-0.4, -0.2) is 35.5 Å². The van der Waals surface area contributed by atoms with Crippen LogP contribution in [0.3, 0.4) is 0 Å². The van der Waals surface area contributed by atoms with E-state index >= 15 is 0 Å². The van der Waals surface area contributed by atoms with Crippen molar-refractivity contribution in [1.29, 1.82) is 0 Å². The van der Waals surface area contributed by atoms with Crippen molar-refractivity contribution in [2.45, 2.75) is 11.3 Å². The Morgan fingerprint density at radius 2 is 1.89 bits per heavy atom. The number of carbonyl (C=O) groups excluding carboxylic acids is 1. The van der Waals surface area contributed by atoms with Crippen LogP contribution < -0.4 is 15.0 Å². The van der Waals surface area contributed by atoms with E-state index in [1.165, 1.54) is 35.2 Å². The molecule has 146 valence electrons. The number of rotatable bonds is 8. The lowest BCUT2D eigenvalue weighted by Gasteiger charge is -2.20. The second kappa shape index (κ2) is 9.52. The molecule has 0 spiro atoms. The molecule has 2 aromatic carbocycles. The average molecular weight is 419 g/mol. The van der Waals surface area contributed by atoms with Gasteiger partial charge in [-0.05, 0) is 55.5 Å². The van der Waals surface area contributed by atoms with Gasteiger partial charge in [-0.15, -0.1) is 10.2 Å². The van der Waals surface area contributed by atoms with Gasteiger partial charge in [0.15, 0.2) is 4.34 Å². The number of thioether (sulfide) groups is 1. The number of hydrogen-bond acceptors (Lipinski definition) is 7. The summed E-state index contributed by atoms with van der Waals surface area (Å²) in [4.78, 5) is 14.1. The van der Waals surface area contributed by atoms with E-state index < -0.39 is 0 Å². The first-order chi connectivity index (χ1) is 13.6. The molecular formula is C19H19FN4O2S2. The number of hydrogen-bond donors (Lipinski definition) is 1. The molecule has 0 aliphatic heterocycles. The van der Waals surface area contributed by atoms with Gasteiger partial charge in [0.1, 0.15) is 11.6 Å². The highest BCUT2D eigenvalue weighted by molar-refractivity contribution is 8.01. The Morgan fingerprint density at radius 3 is 2.54 bits per heavy atom. The van der Waals surface area contributed by atoms with Crippen LogP contribution >= 0.6 is 23.1 Å². The molecule has 28 heavy (non-hydrogen) atoms. The van der Waals surface area contributed by atoms with E-state index in [1.807, 2.05) is 31.2 Å². The number of halogens is 1. The first-order valence-corrected chi connectivity index (χ1v) is 10.3. The van der Waals surface area contributed by atoms with E-state index in [2.05, 4.69) is 15.5 Å². The summed E-state index contributed by atoms with van der Waals surface area (Å²) in [7, 11) is 1.62. The smallest absolute Gasteiger partial charge is 0.237 e. The normalized spacial score (nSPS) is 10.5. The van der Waals surface area contributed by atoms with E-state index in [0.717, 1.165) is 11.4 Å². The van der Waals surface area contributed by atoms with Crippen molar-refractivity contribution >= 4 is 45.5 Å². The summed E-state index contributed by atoms with van der Waals surface area (Å²) in [6, 6.07) is 13.4. The number of anilines is 3. The van der Waals surface area contributed by atoms with E-state index in [9.17, 15) is 9.18 Å². The van der Waals surface area contributed by atoms with Crippen molar-refractivity contribution < 1.29 is 13.9 Å².